The molecule has 0 fully saturated rings. The fourth-order valence-corrected chi connectivity index (χ4v) is 15.2. The predicted octanol–water partition coefficient (Wildman–Crippen LogP) is 11.8. The number of hydrogen-bond donors (Lipinski definition) is 13. The molecule has 0 saturated carbocycles. The minimum atomic E-state index is -5.71. The van der Waals surface area contributed by atoms with Gasteiger partial charge in [0.1, 0.15) is 75.8 Å². The van der Waals surface area contributed by atoms with Gasteiger partial charge in [0.15, 0.2) is 17.2 Å². The third kappa shape index (κ3) is 16.6. The van der Waals surface area contributed by atoms with Gasteiger partial charge in [-0.05, 0) is 139 Å². The van der Waals surface area contributed by atoms with Crippen LogP contribution in [0.1, 0.15) is 17.5 Å². The number of phenols is 4. The van der Waals surface area contributed by atoms with E-state index in [4.69, 9.17) is 10.5 Å². The van der Waals surface area contributed by atoms with Crippen molar-refractivity contribution in [1.29, 1.82) is 0 Å². The standard InChI is InChI=1S/C57H45N11O29S8/c1-25-4-10-38(45(14-25)101(82,83)84)60-67-51-46(102(85,86)87)19-27-16-29(5-6-32(27)54(51)70)59-66-52-47(103(88,89)90)22-35-33(55(52)71)7-9-37(58)50(35)65-61-39-11-8-34-36(57(39)105(94,95)96)23-48(104(91,92)93)53(56(34)72)68-63-41-15-26(2)40(24-44(41)97-12-3-13-98(73,74)75)62-64-42-20-30(99(76,77)78)17-28-18-31(100(79,80)81)21-43(69)49(28)42/h4-11,14-24,69-72H,3,12-13,58H2,1-2H3,(H,73,74,75)(H,76,77,78)(H,79,80,81)(H,82,83,84)(H,85,86,87)(H,88,89,90)(H,91,92,93)(H,94,95,96)/b64-62-,65-61?,66-59+,67-60-,68-63?. The third-order valence-corrected chi connectivity index (χ3v) is 21.8. The first-order chi connectivity index (χ1) is 48.5. The lowest BCUT2D eigenvalue weighted by Gasteiger charge is -2.14. The Bertz CT molecular complexity index is 6620. The van der Waals surface area contributed by atoms with Gasteiger partial charge in [0, 0.05) is 39.1 Å². The first kappa shape index (κ1) is 76.9. The van der Waals surface area contributed by atoms with Crippen LogP contribution in [0.3, 0.4) is 0 Å². The van der Waals surface area contributed by atoms with Gasteiger partial charge in [0.2, 0.25) is 0 Å². The van der Waals surface area contributed by atoms with Crippen LogP contribution in [0.4, 0.5) is 62.6 Å². The molecule has 105 heavy (non-hydrogen) atoms. The van der Waals surface area contributed by atoms with Crippen molar-refractivity contribution in [2.45, 2.75) is 54.5 Å². The largest absolute Gasteiger partial charge is 0.507 e. The van der Waals surface area contributed by atoms with Crippen molar-refractivity contribution in [3.05, 3.63) is 126 Å². The summed E-state index contributed by atoms with van der Waals surface area (Å²) < 4.78 is 287. The second kappa shape index (κ2) is 27.7. The van der Waals surface area contributed by atoms with Crippen LogP contribution < -0.4 is 10.5 Å². The number of anilines is 1. The zero-order chi connectivity index (χ0) is 77.4. The molecule has 14 N–H and O–H groups in total. The number of aryl methyl sites for hydroxylation is 2. The van der Waals surface area contributed by atoms with E-state index in [0.717, 1.165) is 84.9 Å². The van der Waals surface area contributed by atoms with Crippen LogP contribution in [-0.4, -0.2) is 137 Å². The van der Waals surface area contributed by atoms with Crippen molar-refractivity contribution in [1.82, 2.24) is 0 Å². The van der Waals surface area contributed by atoms with Gasteiger partial charge in [0.25, 0.3) is 80.9 Å². The van der Waals surface area contributed by atoms with Crippen molar-refractivity contribution in [3.8, 4) is 28.7 Å². The molecule has 0 heterocycles. The SMILES string of the molecule is Cc1ccc(/N=N\c2c(S(=O)(=O)O)cc3cc(/N=N/c4c(S(=O)(=O)O)cc5c(N=Nc6ccc7c(O)c(N=Nc8cc(C)c(/N=N\c9cc(S(=O)(=O)O)cc%10cc(S(=O)(=O)O)cc(O)c9%10)cc8OCCCS(=O)(=O)O)c(S(=O)(=O)O)cc7c6S(=O)(=O)O)c(N)ccc5c4O)ccc3c2O)c(S(=O)(=O)O)c1. The molecule has 40 nitrogen and oxygen atoms in total. The summed E-state index contributed by atoms with van der Waals surface area (Å²) in [6.07, 6.45) is -0.424. The highest BCUT2D eigenvalue weighted by Gasteiger charge is 2.31. The number of azo groups is 5. The van der Waals surface area contributed by atoms with Gasteiger partial charge in [-0.15, -0.1) is 40.9 Å². The van der Waals surface area contributed by atoms with Gasteiger partial charge < -0.3 is 30.9 Å². The first-order valence-corrected chi connectivity index (χ1v) is 39.9. The molecule has 0 aliphatic rings. The van der Waals surface area contributed by atoms with Crippen molar-refractivity contribution in [2.24, 2.45) is 51.1 Å². The maximum absolute atomic E-state index is 13.4. The fraction of sp³-hybridized carbons (Fsp3) is 0.0877. The topological polar surface area (TPSA) is 675 Å². The second-order valence-corrected chi connectivity index (χ2v) is 33.4. The van der Waals surface area contributed by atoms with Crippen LogP contribution in [0, 0.1) is 13.8 Å². The highest BCUT2D eigenvalue weighted by atomic mass is 32.2. The molecule has 0 unspecified atom stereocenters. The molecule has 0 spiro atoms. The molecule has 0 aliphatic carbocycles. The molecule has 10 aromatic carbocycles. The lowest BCUT2D eigenvalue weighted by atomic mass is 10.1. The van der Waals surface area contributed by atoms with E-state index in [0.29, 0.717) is 29.8 Å². The van der Waals surface area contributed by atoms with Crippen LogP contribution in [-0.2, 0) is 80.9 Å². The molecule has 0 aromatic heterocycles. The van der Waals surface area contributed by atoms with Gasteiger partial charge in [0.05, 0.1) is 50.3 Å². The molecule has 0 aliphatic heterocycles. The molecule has 48 heteroatoms. The molecule has 10 aromatic rings. The highest BCUT2D eigenvalue weighted by Crippen LogP contribution is 2.51. The number of benzene rings is 10. The number of nitrogen functional groups attached to an aromatic ring is 1. The summed E-state index contributed by atoms with van der Waals surface area (Å²) in [5.74, 6) is -5.53. The van der Waals surface area contributed by atoms with Crippen molar-refractivity contribution >= 4 is 187 Å². The van der Waals surface area contributed by atoms with E-state index in [1.54, 1.807) is 0 Å². The number of phenolic OH excluding ortho intramolecular Hbond substituents is 4. The molecule has 0 bridgehead atoms. The molecular weight excluding hydrogens is 1560 g/mol. The number of aromatic hydroxyl groups is 4. The number of rotatable bonds is 22. The Morgan fingerprint density at radius 1 is 0.371 bits per heavy atom. The number of nitrogens with two attached hydrogens (primary N) is 1. The van der Waals surface area contributed by atoms with Gasteiger partial charge in [-0.25, -0.2) is 0 Å². The van der Waals surface area contributed by atoms with E-state index in [1.165, 1.54) is 19.9 Å². The van der Waals surface area contributed by atoms with E-state index in [9.17, 15) is 124 Å². The maximum atomic E-state index is 13.4. The lowest BCUT2D eigenvalue weighted by Crippen LogP contribution is -2.08. The van der Waals surface area contributed by atoms with Crippen molar-refractivity contribution in [3.63, 3.8) is 0 Å². The molecule has 0 amide bonds. The summed E-state index contributed by atoms with van der Waals surface area (Å²) in [6, 6.07) is 17.1. The Morgan fingerprint density at radius 3 is 1.42 bits per heavy atom. The van der Waals surface area contributed by atoms with Gasteiger partial charge >= 0.3 is 0 Å². The minimum Gasteiger partial charge on any atom is -0.507 e. The zero-order valence-electron chi connectivity index (χ0n) is 52.2. The van der Waals surface area contributed by atoms with E-state index in [-0.39, 0.29) is 33.1 Å². The monoisotopic (exact) mass is 1600 g/mol. The summed E-state index contributed by atoms with van der Waals surface area (Å²) in [7, 11) is -41.9. The summed E-state index contributed by atoms with van der Waals surface area (Å²) in [5, 5.41) is 80.4. The quantitative estimate of drug-likeness (QED) is 0.0130. The Balaban J connectivity index is 1.03. The Labute approximate surface area is 590 Å². The fourth-order valence-electron chi connectivity index (χ4n) is 10.2. The van der Waals surface area contributed by atoms with E-state index < -0.39 is 241 Å². The van der Waals surface area contributed by atoms with Crippen molar-refractivity contribution in [2.75, 3.05) is 18.1 Å². The van der Waals surface area contributed by atoms with E-state index >= 15 is 0 Å². The van der Waals surface area contributed by atoms with Crippen LogP contribution in [0.5, 0.6) is 28.7 Å². The molecule has 550 valence electrons. The van der Waals surface area contributed by atoms with Crippen LogP contribution in [0.15, 0.2) is 201 Å². The summed E-state index contributed by atoms with van der Waals surface area (Å²) in [6.45, 7) is 2.23. The van der Waals surface area contributed by atoms with Crippen molar-refractivity contribution < 1.29 is 129 Å². The average molecular weight is 1600 g/mol. The Hall–Kier alpha value is -10.7. The molecule has 0 radical (unpaired) electrons. The average Bonchev–Trinajstić information content (AvgIpc) is 0.752. The number of nitrogens with zero attached hydrogens (tertiary/aromatic N) is 10. The zero-order valence-corrected chi connectivity index (χ0v) is 58.7. The van der Waals surface area contributed by atoms with Crippen LogP contribution >= 0.6 is 0 Å². The number of hydrogen-bond acceptors (Lipinski definition) is 32. The smallest absolute Gasteiger partial charge is 0.297 e. The minimum absolute atomic E-state index is 0.0202. The molecule has 0 saturated heterocycles. The maximum Gasteiger partial charge on any atom is 0.297 e. The number of ether oxygens (including phenoxy) is 1. The summed E-state index contributed by atoms with van der Waals surface area (Å²) >= 11 is 0. The first-order valence-electron chi connectivity index (χ1n) is 28.3. The summed E-state index contributed by atoms with van der Waals surface area (Å²) in [5.41, 5.74) is -0.433. The van der Waals surface area contributed by atoms with Gasteiger partial charge in [-0.3, -0.25) is 36.4 Å². The lowest BCUT2D eigenvalue weighted by molar-refractivity contribution is 0.317. The summed E-state index contributed by atoms with van der Waals surface area (Å²) in [4.78, 5) is -7.65. The second-order valence-electron chi connectivity index (χ2n) is 22.1. The highest BCUT2D eigenvalue weighted by molar-refractivity contribution is 7.87. The van der Waals surface area contributed by atoms with E-state index in [1.807, 2.05) is 0 Å². The molecule has 0 atom stereocenters. The predicted molar refractivity (Wildman–Crippen MR) is 365 cm³/mol. The molecule has 10 rings (SSSR count). The van der Waals surface area contributed by atoms with Crippen LogP contribution in [0.2, 0.25) is 0 Å². The normalized spacial score (nSPS) is 13.4. The van der Waals surface area contributed by atoms with Gasteiger partial charge in [-0.1, -0.05) is 6.07 Å². The Morgan fingerprint density at radius 2 is 0.848 bits per heavy atom. The van der Waals surface area contributed by atoms with Gasteiger partial charge in [-0.2, -0.15) is 77.6 Å². The van der Waals surface area contributed by atoms with E-state index in [2.05, 4.69) is 51.1 Å². The Kier molecular flexibility index (Phi) is 20.3. The number of fused-ring (bicyclic) bond motifs is 4. The van der Waals surface area contributed by atoms with Crippen LogP contribution in [0.25, 0.3) is 43.1 Å². The third-order valence-electron chi connectivity index (χ3n) is 14.9. The molecular formula is C57H45N11O29S8.